The van der Waals surface area contributed by atoms with E-state index in [9.17, 15) is 8.42 Å². The van der Waals surface area contributed by atoms with Crippen molar-refractivity contribution < 1.29 is 8.42 Å². The highest BCUT2D eigenvalue weighted by Gasteiger charge is 2.11. The molecule has 0 heterocycles. The Labute approximate surface area is 94.6 Å². The van der Waals surface area contributed by atoms with Crippen LogP contribution in [0.15, 0.2) is 0 Å². The third kappa shape index (κ3) is 10.2. The van der Waals surface area contributed by atoms with E-state index in [1.165, 1.54) is 6.26 Å². The van der Waals surface area contributed by atoms with E-state index in [1.54, 1.807) is 0 Å². The molecule has 0 aromatic carbocycles. The van der Waals surface area contributed by atoms with Gasteiger partial charge < -0.3 is 5.32 Å². The van der Waals surface area contributed by atoms with Crippen molar-refractivity contribution in [1.82, 2.24) is 5.32 Å². The lowest BCUT2D eigenvalue weighted by atomic mass is 10.0. The normalized spacial score (nSPS) is 14.1. The fraction of sp³-hybridized carbons (Fsp3) is 1.00. The maximum atomic E-state index is 11.0. The zero-order valence-electron chi connectivity index (χ0n) is 10.3. The molecular weight excluding hydrogens is 210 g/mol. The lowest BCUT2D eigenvalue weighted by Crippen LogP contribution is -2.25. The molecule has 0 aliphatic heterocycles. The van der Waals surface area contributed by atoms with Crippen molar-refractivity contribution in [3.05, 3.63) is 0 Å². The van der Waals surface area contributed by atoms with Crippen LogP contribution < -0.4 is 5.32 Å². The fourth-order valence-electron chi connectivity index (χ4n) is 1.62. The maximum absolute atomic E-state index is 11.0. The first-order valence-electron chi connectivity index (χ1n) is 5.88. The number of rotatable bonds is 9. The Morgan fingerprint density at radius 2 is 1.80 bits per heavy atom. The van der Waals surface area contributed by atoms with Crippen LogP contribution in [0.3, 0.4) is 0 Å². The summed E-state index contributed by atoms with van der Waals surface area (Å²) >= 11 is 0. The summed E-state index contributed by atoms with van der Waals surface area (Å²) in [5, 5.41) is 3.36. The summed E-state index contributed by atoms with van der Waals surface area (Å²) in [5.41, 5.74) is 0. The highest BCUT2D eigenvalue weighted by atomic mass is 32.2. The van der Waals surface area contributed by atoms with E-state index >= 15 is 0 Å². The van der Waals surface area contributed by atoms with Crippen LogP contribution in [0.25, 0.3) is 0 Å². The van der Waals surface area contributed by atoms with Crippen molar-refractivity contribution in [2.24, 2.45) is 5.92 Å². The predicted molar refractivity (Wildman–Crippen MR) is 65.9 cm³/mol. The Balaban J connectivity index is 3.82. The van der Waals surface area contributed by atoms with E-state index in [0.717, 1.165) is 38.8 Å². The molecule has 3 nitrogen and oxygen atoms in total. The number of hydrogen-bond acceptors (Lipinski definition) is 3. The minimum Gasteiger partial charge on any atom is -0.316 e. The summed E-state index contributed by atoms with van der Waals surface area (Å²) in [4.78, 5) is 0. The minimum absolute atomic E-state index is 0.325. The molecule has 0 aromatic rings. The second-order valence-corrected chi connectivity index (χ2v) is 6.54. The van der Waals surface area contributed by atoms with Gasteiger partial charge in [0, 0.05) is 6.26 Å². The molecule has 0 aromatic heterocycles. The molecule has 1 atom stereocenters. The molecule has 0 bridgehead atoms. The van der Waals surface area contributed by atoms with Gasteiger partial charge in [-0.05, 0) is 38.3 Å². The standard InChI is InChI=1S/C11H25NO2S/c1-4-6-11(10-12-8-5-2)7-9-15(3,13)14/h11-12H,4-10H2,1-3H3. The van der Waals surface area contributed by atoms with E-state index in [-0.39, 0.29) is 0 Å². The summed E-state index contributed by atoms with van der Waals surface area (Å²) in [6, 6.07) is 0. The minimum atomic E-state index is -2.80. The van der Waals surface area contributed by atoms with Gasteiger partial charge in [-0.25, -0.2) is 8.42 Å². The van der Waals surface area contributed by atoms with Gasteiger partial charge in [-0.1, -0.05) is 20.3 Å². The van der Waals surface area contributed by atoms with Gasteiger partial charge in [0.2, 0.25) is 0 Å². The molecule has 0 radical (unpaired) electrons. The van der Waals surface area contributed by atoms with E-state index in [2.05, 4.69) is 19.2 Å². The van der Waals surface area contributed by atoms with Crippen molar-refractivity contribution in [3.63, 3.8) is 0 Å². The van der Waals surface area contributed by atoms with Crippen LogP contribution in [0, 0.1) is 5.92 Å². The number of hydrogen-bond donors (Lipinski definition) is 1. The fourth-order valence-corrected chi connectivity index (χ4v) is 2.38. The van der Waals surface area contributed by atoms with E-state index in [4.69, 9.17) is 0 Å². The molecule has 0 aliphatic rings. The molecule has 0 amide bonds. The Bertz CT molecular complexity index is 237. The first-order valence-corrected chi connectivity index (χ1v) is 7.94. The van der Waals surface area contributed by atoms with Gasteiger partial charge in [0.25, 0.3) is 0 Å². The van der Waals surface area contributed by atoms with Gasteiger partial charge in [-0.2, -0.15) is 0 Å². The van der Waals surface area contributed by atoms with Crippen LogP contribution in [-0.4, -0.2) is 33.5 Å². The molecule has 92 valence electrons. The summed E-state index contributed by atoms with van der Waals surface area (Å²) in [7, 11) is -2.80. The second-order valence-electron chi connectivity index (χ2n) is 4.28. The van der Waals surface area contributed by atoms with E-state index in [0.29, 0.717) is 11.7 Å². The lowest BCUT2D eigenvalue weighted by molar-refractivity contribution is 0.429. The monoisotopic (exact) mass is 235 g/mol. The van der Waals surface area contributed by atoms with Gasteiger partial charge in [0.05, 0.1) is 5.75 Å². The average Bonchev–Trinajstić information content (AvgIpc) is 2.13. The van der Waals surface area contributed by atoms with Crippen molar-refractivity contribution >= 4 is 9.84 Å². The van der Waals surface area contributed by atoms with Crippen LogP contribution in [0.1, 0.15) is 39.5 Å². The molecule has 1 N–H and O–H groups in total. The molecule has 15 heavy (non-hydrogen) atoms. The SMILES string of the molecule is CCCNCC(CCC)CCS(C)(=O)=O. The van der Waals surface area contributed by atoms with E-state index < -0.39 is 9.84 Å². The van der Waals surface area contributed by atoms with Gasteiger partial charge in [0.15, 0.2) is 0 Å². The first kappa shape index (κ1) is 14.9. The molecule has 0 rings (SSSR count). The summed E-state index contributed by atoms with van der Waals surface area (Å²) in [6.07, 6.45) is 5.48. The summed E-state index contributed by atoms with van der Waals surface area (Å²) in [5.74, 6) is 0.835. The molecule has 0 saturated carbocycles. The predicted octanol–water partition coefficient (Wildman–Crippen LogP) is 1.84. The van der Waals surface area contributed by atoms with Crippen LogP contribution >= 0.6 is 0 Å². The highest BCUT2D eigenvalue weighted by molar-refractivity contribution is 7.90. The van der Waals surface area contributed by atoms with Crippen molar-refractivity contribution in [1.29, 1.82) is 0 Å². The first-order chi connectivity index (χ1) is 6.99. The smallest absolute Gasteiger partial charge is 0.147 e. The molecule has 0 spiro atoms. The van der Waals surface area contributed by atoms with Crippen molar-refractivity contribution in [2.75, 3.05) is 25.1 Å². The molecule has 4 heteroatoms. The summed E-state index contributed by atoms with van der Waals surface area (Å²) in [6.45, 7) is 6.27. The Hall–Kier alpha value is -0.0900. The number of nitrogens with one attached hydrogen (secondary N) is 1. The van der Waals surface area contributed by atoms with Crippen LogP contribution in [-0.2, 0) is 9.84 Å². The maximum Gasteiger partial charge on any atom is 0.147 e. The quantitative estimate of drug-likeness (QED) is 0.620. The van der Waals surface area contributed by atoms with Crippen molar-refractivity contribution in [3.8, 4) is 0 Å². The lowest BCUT2D eigenvalue weighted by Gasteiger charge is -2.16. The van der Waals surface area contributed by atoms with Gasteiger partial charge in [-0.15, -0.1) is 0 Å². The Morgan fingerprint density at radius 1 is 1.13 bits per heavy atom. The molecule has 0 aliphatic carbocycles. The van der Waals surface area contributed by atoms with E-state index in [1.807, 2.05) is 0 Å². The molecular formula is C11H25NO2S. The number of sulfone groups is 1. The Morgan fingerprint density at radius 3 is 2.27 bits per heavy atom. The van der Waals surface area contributed by atoms with Gasteiger partial charge >= 0.3 is 0 Å². The third-order valence-electron chi connectivity index (χ3n) is 2.45. The van der Waals surface area contributed by atoms with Crippen molar-refractivity contribution in [2.45, 2.75) is 39.5 Å². The zero-order chi connectivity index (χ0) is 11.7. The molecule has 1 unspecified atom stereocenters. The highest BCUT2D eigenvalue weighted by Crippen LogP contribution is 2.11. The average molecular weight is 235 g/mol. The zero-order valence-corrected chi connectivity index (χ0v) is 11.1. The van der Waals surface area contributed by atoms with Crippen LogP contribution in [0.2, 0.25) is 0 Å². The van der Waals surface area contributed by atoms with Crippen LogP contribution in [0.4, 0.5) is 0 Å². The van der Waals surface area contributed by atoms with Gasteiger partial charge in [0.1, 0.15) is 9.84 Å². The molecule has 0 fully saturated rings. The Kier molecular flexibility index (Phi) is 8.06. The largest absolute Gasteiger partial charge is 0.316 e. The molecule has 0 saturated heterocycles. The third-order valence-corrected chi connectivity index (χ3v) is 3.43. The summed E-state index contributed by atoms with van der Waals surface area (Å²) < 4.78 is 22.1. The topological polar surface area (TPSA) is 46.2 Å². The van der Waals surface area contributed by atoms with Crippen LogP contribution in [0.5, 0.6) is 0 Å². The second kappa shape index (κ2) is 8.11. The van der Waals surface area contributed by atoms with Gasteiger partial charge in [-0.3, -0.25) is 0 Å².